The van der Waals surface area contributed by atoms with Gasteiger partial charge in [-0.25, -0.2) is 0 Å². The van der Waals surface area contributed by atoms with Crippen LogP contribution in [0.1, 0.15) is 84.0 Å². The lowest BCUT2D eigenvalue weighted by molar-refractivity contribution is 0.301. The number of rotatable bonds is 15. The molecule has 0 aliphatic carbocycles. The average molecular weight is 299 g/mol. The van der Waals surface area contributed by atoms with Crippen molar-refractivity contribution in [3.63, 3.8) is 0 Å². The van der Waals surface area contributed by atoms with E-state index in [1.807, 2.05) is 5.70 Å². The van der Waals surface area contributed by atoms with Crippen molar-refractivity contribution in [1.29, 1.82) is 0 Å². The van der Waals surface area contributed by atoms with Gasteiger partial charge in [0.15, 0.2) is 0 Å². The van der Waals surface area contributed by atoms with Gasteiger partial charge in [-0.15, -0.1) is 6.58 Å². The van der Waals surface area contributed by atoms with Gasteiger partial charge in [0.1, 0.15) is 0 Å². The Morgan fingerprint density at radius 2 is 1.15 bits per heavy atom. The van der Waals surface area contributed by atoms with E-state index < -0.39 is 8.32 Å². The molecule has 0 rings (SSSR count). The molecule has 0 atom stereocenters. The molecule has 0 saturated carbocycles. The Morgan fingerprint density at radius 3 is 1.55 bits per heavy atom. The maximum atomic E-state index is 5.89. The third kappa shape index (κ3) is 14.3. The lowest BCUT2D eigenvalue weighted by Gasteiger charge is -2.17. The Labute approximate surface area is 129 Å². The Kier molecular flexibility index (Phi) is 13.8. The second kappa shape index (κ2) is 13.9. The zero-order valence-electron chi connectivity index (χ0n) is 14.4. The zero-order chi connectivity index (χ0) is 15.1. The van der Waals surface area contributed by atoms with Crippen molar-refractivity contribution in [3.8, 4) is 0 Å². The van der Waals surface area contributed by atoms with E-state index in [4.69, 9.17) is 4.43 Å². The molecule has 0 spiro atoms. The molecule has 1 nitrogen and oxygen atoms in total. The van der Waals surface area contributed by atoms with E-state index in [1.54, 1.807) is 0 Å². The monoisotopic (exact) mass is 298 g/mol. The Hall–Kier alpha value is -0.0831. The highest BCUT2D eigenvalue weighted by Crippen LogP contribution is 2.12. The second-order valence-corrected chi connectivity index (χ2v) is 10.4. The summed E-state index contributed by atoms with van der Waals surface area (Å²) in [7, 11) is -1.51. The van der Waals surface area contributed by atoms with Gasteiger partial charge in [-0.3, -0.25) is 0 Å². The maximum absolute atomic E-state index is 5.89. The molecule has 0 N–H and O–H groups in total. The highest BCUT2D eigenvalue weighted by Gasteiger charge is 2.16. The number of hydrogen-bond acceptors (Lipinski definition) is 1. The van der Waals surface area contributed by atoms with E-state index in [0.29, 0.717) is 0 Å². The van der Waals surface area contributed by atoms with E-state index in [2.05, 4.69) is 26.6 Å². The Bertz CT molecular complexity index is 213. The van der Waals surface area contributed by atoms with Crippen LogP contribution in [0, 0.1) is 0 Å². The molecule has 0 aromatic heterocycles. The van der Waals surface area contributed by atoms with Gasteiger partial charge in [0.2, 0.25) is 8.32 Å². The molecule has 0 unspecified atom stereocenters. The molecule has 20 heavy (non-hydrogen) atoms. The maximum Gasteiger partial charge on any atom is 0.210 e. The first-order chi connectivity index (χ1) is 9.62. The molecule has 0 aromatic carbocycles. The molecule has 0 aliphatic heterocycles. The molecular weight excluding hydrogens is 260 g/mol. The van der Waals surface area contributed by atoms with E-state index in [1.165, 1.54) is 77.0 Å². The first kappa shape index (κ1) is 19.9. The quantitative estimate of drug-likeness (QED) is 0.243. The van der Waals surface area contributed by atoms with Gasteiger partial charge in [-0.2, -0.15) is 0 Å². The van der Waals surface area contributed by atoms with Crippen LogP contribution in [0.3, 0.4) is 0 Å². The van der Waals surface area contributed by atoms with Gasteiger partial charge in [-0.1, -0.05) is 83.3 Å². The van der Waals surface area contributed by atoms with E-state index in [0.717, 1.165) is 6.61 Å². The SMILES string of the molecule is C=C[Si](C)(C)OCCCCCCCCCCCCCC. The molecule has 0 radical (unpaired) electrons. The molecule has 0 aliphatic rings. The minimum atomic E-state index is -1.51. The largest absolute Gasteiger partial charge is 0.414 e. The summed E-state index contributed by atoms with van der Waals surface area (Å²) in [5.74, 6) is 0. The van der Waals surface area contributed by atoms with E-state index in [9.17, 15) is 0 Å². The van der Waals surface area contributed by atoms with Crippen molar-refractivity contribution in [2.45, 2.75) is 97.1 Å². The summed E-state index contributed by atoms with van der Waals surface area (Å²) < 4.78 is 5.89. The van der Waals surface area contributed by atoms with Gasteiger partial charge in [0.05, 0.1) is 0 Å². The van der Waals surface area contributed by atoms with Crippen LogP contribution >= 0.6 is 0 Å². The predicted octanol–water partition coefficient (Wildman–Crippen LogP) is 6.63. The third-order valence-corrected chi connectivity index (χ3v) is 5.89. The summed E-state index contributed by atoms with van der Waals surface area (Å²) in [6, 6.07) is 0. The Morgan fingerprint density at radius 1 is 0.750 bits per heavy atom. The predicted molar refractivity (Wildman–Crippen MR) is 94.7 cm³/mol. The lowest BCUT2D eigenvalue weighted by Crippen LogP contribution is -2.27. The molecule has 0 heterocycles. The fourth-order valence-electron chi connectivity index (χ4n) is 2.34. The molecule has 2 heteroatoms. The fraction of sp³-hybridized carbons (Fsp3) is 0.889. The minimum Gasteiger partial charge on any atom is -0.414 e. The molecule has 0 amide bonds. The average Bonchev–Trinajstić information content (AvgIpc) is 2.44. The van der Waals surface area contributed by atoms with Crippen LogP contribution in [-0.2, 0) is 4.43 Å². The molecule has 0 saturated heterocycles. The van der Waals surface area contributed by atoms with Gasteiger partial charge in [-0.05, 0) is 19.5 Å². The summed E-state index contributed by atoms with van der Waals surface area (Å²) >= 11 is 0. The molecule has 120 valence electrons. The topological polar surface area (TPSA) is 9.23 Å². The number of hydrogen-bond donors (Lipinski definition) is 0. The van der Waals surface area contributed by atoms with Crippen LogP contribution in [0.5, 0.6) is 0 Å². The van der Waals surface area contributed by atoms with Crippen LogP contribution in [0.4, 0.5) is 0 Å². The molecule has 0 bridgehead atoms. The third-order valence-electron chi connectivity index (χ3n) is 3.96. The molecule has 0 aromatic rings. The summed E-state index contributed by atoms with van der Waals surface area (Å²) in [6.45, 7) is 11.5. The summed E-state index contributed by atoms with van der Waals surface area (Å²) in [5.41, 5.74) is 2.02. The lowest BCUT2D eigenvalue weighted by atomic mass is 10.1. The van der Waals surface area contributed by atoms with Crippen LogP contribution < -0.4 is 0 Å². The smallest absolute Gasteiger partial charge is 0.210 e. The van der Waals surface area contributed by atoms with Crippen molar-refractivity contribution >= 4 is 8.32 Å². The van der Waals surface area contributed by atoms with Gasteiger partial charge < -0.3 is 4.43 Å². The highest BCUT2D eigenvalue weighted by molar-refractivity contribution is 6.76. The van der Waals surface area contributed by atoms with Gasteiger partial charge in [0.25, 0.3) is 0 Å². The van der Waals surface area contributed by atoms with Crippen molar-refractivity contribution in [2.75, 3.05) is 6.61 Å². The van der Waals surface area contributed by atoms with Crippen LogP contribution in [0.25, 0.3) is 0 Å². The van der Waals surface area contributed by atoms with Crippen molar-refractivity contribution < 1.29 is 4.43 Å². The van der Waals surface area contributed by atoms with Crippen molar-refractivity contribution in [3.05, 3.63) is 12.3 Å². The first-order valence-electron chi connectivity index (χ1n) is 8.90. The zero-order valence-corrected chi connectivity index (χ0v) is 15.4. The standard InChI is InChI=1S/C18H38OSi/c1-5-7-8-9-10-11-12-13-14-15-16-17-18-19-20(3,4)6-2/h6H,2,5,7-18H2,1,3-4H3. The summed E-state index contributed by atoms with van der Waals surface area (Å²) in [5, 5.41) is 0. The van der Waals surface area contributed by atoms with Gasteiger partial charge >= 0.3 is 0 Å². The molecule has 0 fully saturated rings. The van der Waals surface area contributed by atoms with Crippen LogP contribution in [0.15, 0.2) is 12.3 Å². The normalized spacial score (nSPS) is 11.8. The minimum absolute atomic E-state index is 0.933. The van der Waals surface area contributed by atoms with E-state index in [-0.39, 0.29) is 0 Å². The number of unbranched alkanes of at least 4 members (excludes halogenated alkanes) is 11. The van der Waals surface area contributed by atoms with Crippen LogP contribution in [-0.4, -0.2) is 14.9 Å². The van der Waals surface area contributed by atoms with Crippen LogP contribution in [0.2, 0.25) is 13.1 Å². The fourth-order valence-corrected chi connectivity index (χ4v) is 3.13. The van der Waals surface area contributed by atoms with Crippen molar-refractivity contribution in [2.24, 2.45) is 0 Å². The first-order valence-corrected chi connectivity index (χ1v) is 11.9. The summed E-state index contributed by atoms with van der Waals surface area (Å²) in [6.07, 6.45) is 16.8. The highest BCUT2D eigenvalue weighted by atomic mass is 28.4. The van der Waals surface area contributed by atoms with Gasteiger partial charge in [0, 0.05) is 6.61 Å². The van der Waals surface area contributed by atoms with Crippen molar-refractivity contribution in [1.82, 2.24) is 0 Å². The summed E-state index contributed by atoms with van der Waals surface area (Å²) in [4.78, 5) is 0. The Balaban J connectivity index is 3.08. The second-order valence-electron chi connectivity index (χ2n) is 6.55. The van der Waals surface area contributed by atoms with E-state index >= 15 is 0 Å². The molecular formula is C18H38OSi.